The van der Waals surface area contributed by atoms with Crippen LogP contribution in [0.15, 0.2) is 21.9 Å². The van der Waals surface area contributed by atoms with Gasteiger partial charge >= 0.3 is 5.69 Å². The van der Waals surface area contributed by atoms with E-state index in [1.807, 2.05) is 13.1 Å². The number of aliphatic hydroxyl groups is 2. The van der Waals surface area contributed by atoms with Crippen molar-refractivity contribution in [1.82, 2.24) is 9.55 Å². The van der Waals surface area contributed by atoms with Crippen molar-refractivity contribution in [2.45, 2.75) is 70.8 Å². The van der Waals surface area contributed by atoms with Crippen LogP contribution in [0.1, 0.15) is 35.8 Å². The van der Waals surface area contributed by atoms with Gasteiger partial charge in [0, 0.05) is 13.6 Å². The number of aliphatic hydroxyl groups excluding tert-OH is 2. The molecule has 3 N–H and O–H groups in total. The number of ether oxygens (including phenoxy) is 1. The van der Waals surface area contributed by atoms with Gasteiger partial charge in [0.05, 0.1) is 6.61 Å². The third-order valence-corrected chi connectivity index (χ3v) is 9.31. The molecule has 1 aromatic rings. The number of nitrogens with zero attached hydrogens (tertiary/aromatic N) is 1. The number of hydrogen-bond acceptors (Lipinski definition) is 6. The van der Waals surface area contributed by atoms with Crippen LogP contribution in [0.2, 0.25) is 18.1 Å². The molecular formula is C16H30N2O6Si. The molecule has 0 saturated carbocycles. The molecule has 1 aliphatic heterocycles. The van der Waals surface area contributed by atoms with Crippen molar-refractivity contribution in [1.29, 1.82) is 1.43 Å². The number of aromatic nitrogens is 2. The summed E-state index contributed by atoms with van der Waals surface area (Å²) in [5.41, 5.74) is -1.17. The van der Waals surface area contributed by atoms with Gasteiger partial charge in [-0.1, -0.05) is 28.2 Å². The Bertz CT molecular complexity index is 718. The van der Waals surface area contributed by atoms with E-state index in [-0.39, 0.29) is 11.6 Å². The molecule has 8 nitrogen and oxygen atoms in total. The molecule has 0 amide bonds. The Balaban J connectivity index is 0.00000176. The Labute approximate surface area is 151 Å². The van der Waals surface area contributed by atoms with Gasteiger partial charge in [-0.05, 0) is 18.1 Å². The first-order valence-electron chi connectivity index (χ1n) is 9.29. The summed E-state index contributed by atoms with van der Waals surface area (Å²) in [5.74, 6) is 0. The smallest absolute Gasteiger partial charge is 0.330 e. The molecule has 4 atom stereocenters. The fraction of sp³-hybridized carbons (Fsp3) is 0.750. The SMILES string of the molecule is [2H]OC[C@H]1O[C@@H](n2ccc(=O)[nH]c2=O)C(O[Si](C)(C)C(C)(C)C)[C@H]1O.[3H]C. The molecule has 0 bridgehead atoms. The second-order valence-electron chi connectivity index (χ2n) is 7.58. The maximum atomic E-state index is 12.1. The van der Waals surface area contributed by atoms with Gasteiger partial charge in [0.1, 0.15) is 18.3 Å². The van der Waals surface area contributed by atoms with E-state index in [0.29, 0.717) is 0 Å². The van der Waals surface area contributed by atoms with Crippen LogP contribution in [0.4, 0.5) is 0 Å². The average Bonchev–Trinajstić information content (AvgIpc) is 2.85. The zero-order valence-corrected chi connectivity index (χ0v) is 16.6. The van der Waals surface area contributed by atoms with Crippen molar-refractivity contribution in [3.63, 3.8) is 0 Å². The molecule has 2 rings (SSSR count). The van der Waals surface area contributed by atoms with Gasteiger partial charge in [-0.3, -0.25) is 14.3 Å². The van der Waals surface area contributed by atoms with E-state index in [9.17, 15) is 14.7 Å². The first-order chi connectivity index (χ1) is 12.5. The van der Waals surface area contributed by atoms with E-state index in [4.69, 9.17) is 12.0 Å². The second kappa shape index (κ2) is 7.54. The van der Waals surface area contributed by atoms with Crippen molar-refractivity contribution >= 4 is 8.32 Å². The first-order valence-corrected chi connectivity index (χ1v) is 10.8. The molecule has 0 aromatic carbocycles. The monoisotopic (exact) mass is 377 g/mol. The largest absolute Gasteiger partial charge is 0.407 e. The molecule has 0 radical (unpaired) electrons. The molecule has 1 saturated heterocycles. The molecular weight excluding hydrogens is 344 g/mol. The van der Waals surface area contributed by atoms with Gasteiger partial charge in [-0.15, -0.1) is 0 Å². The van der Waals surface area contributed by atoms with Crippen LogP contribution in [0.25, 0.3) is 0 Å². The lowest BCUT2D eigenvalue weighted by atomic mass is 10.1. The Kier molecular flexibility index (Phi) is 5.59. The van der Waals surface area contributed by atoms with Gasteiger partial charge in [0.2, 0.25) is 1.43 Å². The predicted molar refractivity (Wildman–Crippen MR) is 97.1 cm³/mol. The van der Waals surface area contributed by atoms with E-state index >= 15 is 0 Å². The summed E-state index contributed by atoms with van der Waals surface area (Å²) < 4.78 is 25.9. The van der Waals surface area contributed by atoms with Crippen LogP contribution < -0.4 is 11.2 Å². The topological polar surface area (TPSA) is 114 Å². The van der Waals surface area contributed by atoms with Gasteiger partial charge in [0.25, 0.3) is 5.56 Å². The van der Waals surface area contributed by atoms with E-state index < -0.39 is 44.1 Å². The summed E-state index contributed by atoms with van der Waals surface area (Å²) in [7, 11) is -1.03. The van der Waals surface area contributed by atoms with E-state index in [1.54, 1.807) is 0 Å². The highest BCUT2D eigenvalue weighted by Crippen LogP contribution is 2.41. The molecule has 1 fully saturated rings. The lowest BCUT2D eigenvalue weighted by Gasteiger charge is -2.40. The summed E-state index contributed by atoms with van der Waals surface area (Å²) in [6, 6.07) is 1.20. The molecule has 144 valence electrons. The zero-order chi connectivity index (χ0) is 21.0. The average molecular weight is 378 g/mol. The third-order valence-electron chi connectivity index (χ3n) is 4.84. The van der Waals surface area contributed by atoms with E-state index in [1.165, 1.54) is 24.2 Å². The minimum atomic E-state index is -2.28. The minimum absolute atomic E-state index is 0.114. The van der Waals surface area contributed by atoms with Crippen LogP contribution >= 0.6 is 0 Å². The normalized spacial score (nSPS) is 28.0. The quantitative estimate of drug-likeness (QED) is 0.655. The lowest BCUT2D eigenvalue weighted by Crippen LogP contribution is -2.49. The van der Waals surface area contributed by atoms with Crippen LogP contribution in [0.3, 0.4) is 0 Å². The maximum absolute atomic E-state index is 12.1. The van der Waals surface area contributed by atoms with Crippen molar-refractivity contribution in [3.8, 4) is 0 Å². The molecule has 9 heteroatoms. The summed E-state index contributed by atoms with van der Waals surface area (Å²) in [6.45, 7) is 10.1. The predicted octanol–water partition coefficient (Wildman–Crippen LogP) is 0.814. The zero-order valence-electron chi connectivity index (χ0n) is 17.6. The minimum Gasteiger partial charge on any atom is -0.407 e. The Morgan fingerprint density at radius 1 is 1.52 bits per heavy atom. The number of H-pyrrole nitrogens is 1. The standard InChI is InChI=1S/C15H26N2O6Si.CH4/c1-15(2,3)24(4,5)23-12-11(20)9(8-18)22-13(12)17-7-6-10(19)16-14(17)21;/h6-7,9,11-13,18,20H,8H2,1-5H3,(H,16,19,21);1H4/t9-,11+,12?,13-;/m1./s1/i18D;1T. The molecule has 0 spiro atoms. The summed E-state index contributed by atoms with van der Waals surface area (Å²) in [5, 5.41) is 14.8. The highest BCUT2D eigenvalue weighted by molar-refractivity contribution is 6.74. The number of nitrogens with one attached hydrogen (secondary N) is 1. The van der Waals surface area contributed by atoms with Gasteiger partial charge in [0.15, 0.2) is 14.5 Å². The first kappa shape index (κ1) is 18.5. The highest BCUT2D eigenvalue weighted by Gasteiger charge is 2.50. The van der Waals surface area contributed by atoms with E-state index in [2.05, 4.69) is 30.9 Å². The van der Waals surface area contributed by atoms with E-state index in [0.717, 1.165) is 0 Å². The fourth-order valence-corrected chi connectivity index (χ4v) is 3.64. The second-order valence-corrected chi connectivity index (χ2v) is 12.3. The van der Waals surface area contributed by atoms with Gasteiger partial charge < -0.3 is 19.4 Å². The summed E-state index contributed by atoms with van der Waals surface area (Å²) in [4.78, 5) is 25.6. The number of rotatable bonds is 5. The molecule has 1 aliphatic rings. The maximum Gasteiger partial charge on any atom is 0.330 e. The third kappa shape index (κ3) is 4.29. The Hall–Kier alpha value is -1.26. The van der Waals surface area contributed by atoms with Crippen LogP contribution in [-0.4, -0.2) is 54.4 Å². The van der Waals surface area contributed by atoms with Gasteiger partial charge in [-0.2, -0.15) is 0 Å². The van der Waals surface area contributed by atoms with Crippen molar-refractivity contribution in [2.24, 2.45) is 0 Å². The molecule has 2 heterocycles. The molecule has 25 heavy (non-hydrogen) atoms. The van der Waals surface area contributed by atoms with Crippen molar-refractivity contribution in [3.05, 3.63) is 33.1 Å². The molecule has 0 aliphatic carbocycles. The lowest BCUT2D eigenvalue weighted by molar-refractivity contribution is -0.0534. The summed E-state index contributed by atoms with van der Waals surface area (Å²) >= 11 is 0. The Morgan fingerprint density at radius 3 is 2.68 bits per heavy atom. The molecule has 1 aromatic heterocycles. The van der Waals surface area contributed by atoms with Crippen LogP contribution in [0.5, 0.6) is 0 Å². The number of hydrogen-bond donors (Lipinski definition) is 3. The Morgan fingerprint density at radius 2 is 2.16 bits per heavy atom. The van der Waals surface area contributed by atoms with Gasteiger partial charge in [-0.25, -0.2) is 4.79 Å². The van der Waals surface area contributed by atoms with Crippen molar-refractivity contribution < 1.29 is 20.7 Å². The van der Waals surface area contributed by atoms with Crippen LogP contribution in [0, 0.1) is 0 Å². The summed E-state index contributed by atoms with van der Waals surface area (Å²) in [6.07, 6.45) is -2.30. The fourth-order valence-electron chi connectivity index (χ4n) is 2.35. The molecule has 1 unspecified atom stereocenters. The highest BCUT2D eigenvalue weighted by atomic mass is 28.4. The van der Waals surface area contributed by atoms with Crippen molar-refractivity contribution in [2.75, 3.05) is 6.61 Å². The van der Waals surface area contributed by atoms with Crippen LogP contribution in [-0.2, 0) is 9.16 Å². The number of aromatic amines is 1.